The molecule has 0 aromatic heterocycles. The summed E-state index contributed by atoms with van der Waals surface area (Å²) in [5.74, 6) is 5.94. The predicted molar refractivity (Wildman–Crippen MR) is 49.4 cm³/mol. The third kappa shape index (κ3) is 8.39. The van der Waals surface area contributed by atoms with Gasteiger partial charge in [-0.05, 0) is 24.9 Å². The molecule has 0 aromatic carbocycles. The van der Waals surface area contributed by atoms with Gasteiger partial charge in [-0.15, -0.1) is 0 Å². The fourth-order valence-electron chi connectivity index (χ4n) is 0.909. The molecule has 0 saturated heterocycles. The Kier molecular flexibility index (Phi) is 6.53. The number of hydrogen-bond acceptors (Lipinski definition) is 3. The van der Waals surface area contributed by atoms with Crippen molar-refractivity contribution in [3.8, 4) is 0 Å². The minimum atomic E-state index is -4.07. The van der Waals surface area contributed by atoms with Crippen LogP contribution in [0.2, 0.25) is 0 Å². The molecule has 80 valence electrons. The average Bonchev–Trinajstić information content (AvgIpc) is 2.03. The van der Waals surface area contributed by atoms with E-state index in [1.54, 1.807) is 11.8 Å². The molecular weight excluding hydrogens is 201 g/mol. The molecule has 0 amide bonds. The van der Waals surface area contributed by atoms with Crippen molar-refractivity contribution in [3.05, 3.63) is 0 Å². The first-order valence-electron chi connectivity index (χ1n) is 4.01. The highest BCUT2D eigenvalue weighted by atomic mass is 32.2. The Labute approximate surface area is 80.4 Å². The van der Waals surface area contributed by atoms with Crippen molar-refractivity contribution in [1.29, 1.82) is 0 Å². The van der Waals surface area contributed by atoms with E-state index in [1.807, 2.05) is 6.26 Å². The van der Waals surface area contributed by atoms with Crippen molar-refractivity contribution in [2.75, 3.05) is 12.0 Å². The van der Waals surface area contributed by atoms with Crippen LogP contribution in [0.4, 0.5) is 13.2 Å². The minimum Gasteiger partial charge on any atom is -0.271 e. The van der Waals surface area contributed by atoms with Gasteiger partial charge >= 0.3 is 6.18 Å². The zero-order valence-electron chi connectivity index (χ0n) is 7.53. The second-order valence-electron chi connectivity index (χ2n) is 2.80. The monoisotopic (exact) mass is 216 g/mol. The van der Waals surface area contributed by atoms with E-state index in [2.05, 4.69) is 5.43 Å². The maximum absolute atomic E-state index is 11.8. The van der Waals surface area contributed by atoms with Crippen molar-refractivity contribution < 1.29 is 13.2 Å². The van der Waals surface area contributed by atoms with E-state index in [-0.39, 0.29) is 12.5 Å². The average molecular weight is 216 g/mol. The van der Waals surface area contributed by atoms with Gasteiger partial charge in [-0.1, -0.05) is 0 Å². The summed E-state index contributed by atoms with van der Waals surface area (Å²) in [5.41, 5.74) is 2.40. The quantitative estimate of drug-likeness (QED) is 0.526. The van der Waals surface area contributed by atoms with Gasteiger partial charge < -0.3 is 0 Å². The molecule has 0 fully saturated rings. The Balaban J connectivity index is 3.59. The van der Waals surface area contributed by atoms with Crippen LogP contribution in [0, 0.1) is 0 Å². The highest BCUT2D eigenvalue weighted by Gasteiger charge is 2.27. The van der Waals surface area contributed by atoms with Crippen LogP contribution >= 0.6 is 11.8 Å². The standard InChI is InChI=1S/C7H15F3N2S/c1-13-5-3-6(12-11)2-4-7(8,9)10/h6,12H,2-5,11H2,1H3. The van der Waals surface area contributed by atoms with E-state index in [0.717, 1.165) is 5.75 Å². The lowest BCUT2D eigenvalue weighted by Gasteiger charge is -2.15. The summed E-state index contributed by atoms with van der Waals surface area (Å²) < 4.78 is 35.4. The zero-order chi connectivity index (χ0) is 10.3. The van der Waals surface area contributed by atoms with Crippen molar-refractivity contribution in [3.63, 3.8) is 0 Å². The molecule has 0 aliphatic rings. The summed E-state index contributed by atoms with van der Waals surface area (Å²) in [6.45, 7) is 0. The number of rotatable bonds is 6. The van der Waals surface area contributed by atoms with Crippen LogP contribution in [0.15, 0.2) is 0 Å². The number of halogens is 3. The van der Waals surface area contributed by atoms with Gasteiger partial charge in [-0.3, -0.25) is 11.3 Å². The second-order valence-corrected chi connectivity index (χ2v) is 3.78. The number of hydrogen-bond donors (Lipinski definition) is 2. The van der Waals surface area contributed by atoms with Gasteiger partial charge in [0.25, 0.3) is 0 Å². The van der Waals surface area contributed by atoms with Gasteiger partial charge in [-0.25, -0.2) is 0 Å². The molecule has 0 aromatic rings. The number of nitrogens with one attached hydrogen (secondary N) is 1. The van der Waals surface area contributed by atoms with Crippen LogP contribution in [-0.4, -0.2) is 24.2 Å². The predicted octanol–water partition coefficient (Wildman–Crippen LogP) is 1.91. The van der Waals surface area contributed by atoms with E-state index >= 15 is 0 Å². The van der Waals surface area contributed by atoms with Gasteiger partial charge in [0, 0.05) is 12.5 Å². The van der Waals surface area contributed by atoms with Crippen LogP contribution in [0.3, 0.4) is 0 Å². The molecule has 0 aliphatic carbocycles. The van der Waals surface area contributed by atoms with Gasteiger partial charge in [0.2, 0.25) is 0 Å². The van der Waals surface area contributed by atoms with Gasteiger partial charge in [-0.2, -0.15) is 24.9 Å². The Morgan fingerprint density at radius 3 is 2.38 bits per heavy atom. The SMILES string of the molecule is CSCCC(CCC(F)(F)F)NN. The normalized spacial score (nSPS) is 14.5. The van der Waals surface area contributed by atoms with Crippen molar-refractivity contribution in [2.45, 2.75) is 31.5 Å². The third-order valence-electron chi connectivity index (χ3n) is 1.68. The molecule has 0 spiro atoms. The maximum Gasteiger partial charge on any atom is 0.389 e. The lowest BCUT2D eigenvalue weighted by Crippen LogP contribution is -2.36. The van der Waals surface area contributed by atoms with Crippen molar-refractivity contribution in [2.24, 2.45) is 5.84 Å². The summed E-state index contributed by atoms with van der Waals surface area (Å²) in [5, 5.41) is 0. The molecule has 13 heavy (non-hydrogen) atoms. The Morgan fingerprint density at radius 1 is 1.38 bits per heavy atom. The van der Waals surface area contributed by atoms with Gasteiger partial charge in [0.1, 0.15) is 0 Å². The Hall–Kier alpha value is 0.0600. The van der Waals surface area contributed by atoms with Crippen molar-refractivity contribution in [1.82, 2.24) is 5.43 Å². The molecule has 0 heterocycles. The molecule has 0 aliphatic heterocycles. The summed E-state index contributed by atoms with van der Waals surface area (Å²) in [4.78, 5) is 0. The smallest absolute Gasteiger partial charge is 0.271 e. The summed E-state index contributed by atoms with van der Waals surface area (Å²) in [6, 6.07) is -0.228. The van der Waals surface area contributed by atoms with Gasteiger partial charge in [0.15, 0.2) is 0 Å². The second kappa shape index (κ2) is 6.50. The Morgan fingerprint density at radius 2 is 2.00 bits per heavy atom. The summed E-state index contributed by atoms with van der Waals surface area (Å²) >= 11 is 1.60. The highest BCUT2D eigenvalue weighted by molar-refractivity contribution is 7.98. The molecule has 0 rings (SSSR count). The Bertz CT molecular complexity index is 129. The van der Waals surface area contributed by atoms with Crippen LogP contribution < -0.4 is 11.3 Å². The van der Waals surface area contributed by atoms with E-state index < -0.39 is 12.6 Å². The number of hydrazine groups is 1. The van der Waals surface area contributed by atoms with E-state index in [4.69, 9.17) is 5.84 Å². The molecule has 0 saturated carbocycles. The highest BCUT2D eigenvalue weighted by Crippen LogP contribution is 2.22. The summed E-state index contributed by atoms with van der Waals surface area (Å²) in [7, 11) is 0. The molecule has 0 bridgehead atoms. The molecule has 6 heteroatoms. The molecule has 1 atom stereocenters. The topological polar surface area (TPSA) is 38.0 Å². The molecule has 2 nitrogen and oxygen atoms in total. The lowest BCUT2D eigenvalue weighted by molar-refractivity contribution is -0.136. The lowest BCUT2D eigenvalue weighted by atomic mass is 10.1. The number of nitrogens with two attached hydrogens (primary N) is 1. The van der Waals surface area contributed by atoms with Crippen LogP contribution in [0.1, 0.15) is 19.3 Å². The van der Waals surface area contributed by atoms with E-state index in [9.17, 15) is 13.2 Å². The molecule has 0 radical (unpaired) electrons. The summed E-state index contributed by atoms with van der Waals surface area (Å²) in [6.07, 6.45) is -2.20. The third-order valence-corrected chi connectivity index (χ3v) is 2.33. The minimum absolute atomic E-state index is 0.0561. The van der Waals surface area contributed by atoms with Crippen LogP contribution in [0.5, 0.6) is 0 Å². The molecular formula is C7H15F3N2S. The fourth-order valence-corrected chi connectivity index (χ4v) is 1.43. The fraction of sp³-hybridized carbons (Fsp3) is 1.00. The largest absolute Gasteiger partial charge is 0.389 e. The first-order valence-corrected chi connectivity index (χ1v) is 5.41. The number of alkyl halides is 3. The van der Waals surface area contributed by atoms with Crippen LogP contribution in [0.25, 0.3) is 0 Å². The first-order chi connectivity index (χ1) is 5.99. The zero-order valence-corrected chi connectivity index (χ0v) is 8.34. The molecule has 3 N–H and O–H groups in total. The number of thioether (sulfide) groups is 1. The van der Waals surface area contributed by atoms with E-state index in [0.29, 0.717) is 6.42 Å². The maximum atomic E-state index is 11.8. The van der Waals surface area contributed by atoms with Gasteiger partial charge in [0.05, 0.1) is 0 Å². The van der Waals surface area contributed by atoms with Crippen molar-refractivity contribution >= 4 is 11.8 Å². The molecule has 1 unspecified atom stereocenters. The first kappa shape index (κ1) is 13.1. The van der Waals surface area contributed by atoms with E-state index in [1.165, 1.54) is 0 Å². The van der Waals surface area contributed by atoms with Crippen LogP contribution in [-0.2, 0) is 0 Å².